The number of carbonyl (C=O) groups excluding carboxylic acids is 1. The molecule has 0 aliphatic carbocycles. The number of nitrogens with one attached hydrogen (secondary N) is 1. The molecule has 1 N–H and O–H groups in total. The standard InChI is InChI=1S/C21H25ClN2O4/c1-3-10-28-20-18(22)13-15(14-19(20)26-2)21(25)23-16-4-6-17(7-5-16)24-8-11-27-12-9-24/h4-7,13-14H,3,8-12H2,1-2H3,(H,23,25). The molecule has 1 fully saturated rings. The van der Waals surface area contributed by atoms with E-state index in [0.717, 1.165) is 38.4 Å². The first kappa shape index (κ1) is 20.3. The van der Waals surface area contributed by atoms with Gasteiger partial charge in [0.15, 0.2) is 11.5 Å². The zero-order chi connectivity index (χ0) is 19.9. The van der Waals surface area contributed by atoms with E-state index in [9.17, 15) is 4.79 Å². The summed E-state index contributed by atoms with van der Waals surface area (Å²) in [5, 5.41) is 3.24. The van der Waals surface area contributed by atoms with Crippen molar-refractivity contribution >= 4 is 28.9 Å². The summed E-state index contributed by atoms with van der Waals surface area (Å²) in [6.45, 7) is 5.74. The van der Waals surface area contributed by atoms with Gasteiger partial charge in [0.25, 0.3) is 5.91 Å². The molecule has 3 rings (SSSR count). The Hall–Kier alpha value is -2.44. The molecule has 0 radical (unpaired) electrons. The molecule has 0 saturated carbocycles. The summed E-state index contributed by atoms with van der Waals surface area (Å²) in [5.41, 5.74) is 2.23. The van der Waals surface area contributed by atoms with E-state index in [4.69, 9.17) is 25.8 Å². The summed E-state index contributed by atoms with van der Waals surface area (Å²) in [7, 11) is 1.52. The molecule has 1 aliphatic rings. The number of rotatable bonds is 7. The van der Waals surface area contributed by atoms with Crippen molar-refractivity contribution < 1.29 is 19.0 Å². The predicted octanol–water partition coefficient (Wildman–Crippen LogP) is 4.23. The Balaban J connectivity index is 1.71. The van der Waals surface area contributed by atoms with Crippen molar-refractivity contribution in [1.82, 2.24) is 0 Å². The van der Waals surface area contributed by atoms with Crippen LogP contribution in [-0.2, 0) is 4.74 Å². The van der Waals surface area contributed by atoms with Crippen LogP contribution in [0, 0.1) is 0 Å². The molecular weight excluding hydrogens is 380 g/mol. The van der Waals surface area contributed by atoms with E-state index in [1.54, 1.807) is 12.1 Å². The molecule has 0 atom stereocenters. The molecule has 0 spiro atoms. The largest absolute Gasteiger partial charge is 0.493 e. The van der Waals surface area contributed by atoms with E-state index in [1.807, 2.05) is 31.2 Å². The Kier molecular flexibility index (Phi) is 7.01. The molecule has 1 heterocycles. The minimum atomic E-state index is -0.263. The highest BCUT2D eigenvalue weighted by Gasteiger charge is 2.16. The lowest BCUT2D eigenvalue weighted by molar-refractivity contribution is 0.102. The number of methoxy groups -OCH3 is 1. The average Bonchev–Trinajstić information content (AvgIpc) is 2.73. The molecule has 0 unspecified atom stereocenters. The summed E-state index contributed by atoms with van der Waals surface area (Å²) < 4.78 is 16.3. The van der Waals surface area contributed by atoms with Crippen molar-refractivity contribution in [1.29, 1.82) is 0 Å². The molecule has 1 saturated heterocycles. The molecule has 0 aromatic heterocycles. The van der Waals surface area contributed by atoms with Crippen LogP contribution in [-0.4, -0.2) is 45.9 Å². The zero-order valence-corrected chi connectivity index (χ0v) is 16.9. The third-order valence-electron chi connectivity index (χ3n) is 4.44. The Morgan fingerprint density at radius 3 is 2.57 bits per heavy atom. The van der Waals surface area contributed by atoms with Crippen LogP contribution >= 0.6 is 11.6 Å². The average molecular weight is 405 g/mol. The fourth-order valence-corrected chi connectivity index (χ4v) is 3.24. The topological polar surface area (TPSA) is 60.0 Å². The summed E-state index contributed by atoms with van der Waals surface area (Å²) in [6.07, 6.45) is 0.849. The molecule has 0 bridgehead atoms. The number of morpholine rings is 1. The summed E-state index contributed by atoms with van der Waals surface area (Å²) in [6, 6.07) is 11.0. The van der Waals surface area contributed by atoms with Gasteiger partial charge in [0.05, 0.1) is 32.0 Å². The van der Waals surface area contributed by atoms with Crippen LogP contribution in [0.15, 0.2) is 36.4 Å². The first-order valence-corrected chi connectivity index (χ1v) is 9.74. The van der Waals surface area contributed by atoms with E-state index < -0.39 is 0 Å². The van der Waals surface area contributed by atoms with Gasteiger partial charge in [0.1, 0.15) is 0 Å². The maximum atomic E-state index is 12.7. The SMILES string of the molecule is CCCOc1c(Cl)cc(C(=O)Nc2ccc(N3CCOCC3)cc2)cc1OC. The van der Waals surface area contributed by atoms with Gasteiger partial charge in [-0.1, -0.05) is 18.5 Å². The Labute approximate surface area is 170 Å². The number of carbonyl (C=O) groups is 1. The number of hydrogen-bond donors (Lipinski definition) is 1. The van der Waals surface area contributed by atoms with Crippen molar-refractivity contribution in [2.75, 3.05) is 50.2 Å². The van der Waals surface area contributed by atoms with Crippen LogP contribution in [0.5, 0.6) is 11.5 Å². The van der Waals surface area contributed by atoms with Crippen LogP contribution in [0.3, 0.4) is 0 Å². The van der Waals surface area contributed by atoms with Gasteiger partial charge in [-0.2, -0.15) is 0 Å². The Morgan fingerprint density at radius 2 is 1.93 bits per heavy atom. The molecule has 1 amide bonds. The lowest BCUT2D eigenvalue weighted by Crippen LogP contribution is -2.36. The van der Waals surface area contributed by atoms with Crippen LogP contribution in [0.1, 0.15) is 23.7 Å². The predicted molar refractivity (Wildman–Crippen MR) is 111 cm³/mol. The molecule has 2 aromatic carbocycles. The van der Waals surface area contributed by atoms with Crippen molar-refractivity contribution in [3.63, 3.8) is 0 Å². The number of amides is 1. The lowest BCUT2D eigenvalue weighted by Gasteiger charge is -2.28. The van der Waals surface area contributed by atoms with E-state index in [0.29, 0.717) is 34.4 Å². The number of ether oxygens (including phenoxy) is 3. The van der Waals surface area contributed by atoms with Crippen LogP contribution in [0.4, 0.5) is 11.4 Å². The molecule has 7 heteroatoms. The van der Waals surface area contributed by atoms with Crippen molar-refractivity contribution in [3.8, 4) is 11.5 Å². The van der Waals surface area contributed by atoms with Gasteiger partial charge < -0.3 is 24.4 Å². The molecule has 28 heavy (non-hydrogen) atoms. The van der Waals surface area contributed by atoms with Gasteiger partial charge in [-0.05, 0) is 42.8 Å². The molecule has 1 aliphatic heterocycles. The van der Waals surface area contributed by atoms with Gasteiger partial charge in [-0.3, -0.25) is 4.79 Å². The highest BCUT2D eigenvalue weighted by Crippen LogP contribution is 2.36. The summed E-state index contributed by atoms with van der Waals surface area (Å²) in [4.78, 5) is 14.9. The molecule has 150 valence electrons. The van der Waals surface area contributed by atoms with Crippen molar-refractivity contribution in [2.24, 2.45) is 0 Å². The normalized spacial score (nSPS) is 13.9. The number of anilines is 2. The smallest absolute Gasteiger partial charge is 0.255 e. The monoisotopic (exact) mass is 404 g/mol. The van der Waals surface area contributed by atoms with Gasteiger partial charge in [-0.15, -0.1) is 0 Å². The van der Waals surface area contributed by atoms with Gasteiger partial charge in [0.2, 0.25) is 0 Å². The Bertz CT molecular complexity index is 805. The molecule has 6 nitrogen and oxygen atoms in total. The first-order chi connectivity index (χ1) is 13.6. The third kappa shape index (κ3) is 4.88. The number of benzene rings is 2. The van der Waals surface area contributed by atoms with Crippen LogP contribution < -0.4 is 19.7 Å². The van der Waals surface area contributed by atoms with E-state index >= 15 is 0 Å². The summed E-state index contributed by atoms with van der Waals surface area (Å²) >= 11 is 6.30. The second kappa shape index (κ2) is 9.66. The van der Waals surface area contributed by atoms with E-state index in [1.165, 1.54) is 7.11 Å². The van der Waals surface area contributed by atoms with Crippen molar-refractivity contribution in [2.45, 2.75) is 13.3 Å². The van der Waals surface area contributed by atoms with Crippen LogP contribution in [0.2, 0.25) is 5.02 Å². The highest BCUT2D eigenvalue weighted by atomic mass is 35.5. The van der Waals surface area contributed by atoms with Crippen LogP contribution in [0.25, 0.3) is 0 Å². The fourth-order valence-electron chi connectivity index (χ4n) is 2.98. The Morgan fingerprint density at radius 1 is 1.21 bits per heavy atom. The van der Waals surface area contributed by atoms with E-state index in [-0.39, 0.29) is 5.91 Å². The minimum Gasteiger partial charge on any atom is -0.493 e. The fraction of sp³-hybridized carbons (Fsp3) is 0.381. The first-order valence-electron chi connectivity index (χ1n) is 9.36. The number of hydrogen-bond acceptors (Lipinski definition) is 5. The highest BCUT2D eigenvalue weighted by molar-refractivity contribution is 6.32. The second-order valence-corrected chi connectivity index (χ2v) is 6.85. The number of nitrogens with zero attached hydrogens (tertiary/aromatic N) is 1. The summed E-state index contributed by atoms with van der Waals surface area (Å²) in [5.74, 6) is 0.632. The third-order valence-corrected chi connectivity index (χ3v) is 4.72. The van der Waals surface area contributed by atoms with Gasteiger partial charge in [-0.25, -0.2) is 0 Å². The van der Waals surface area contributed by atoms with E-state index in [2.05, 4.69) is 10.2 Å². The zero-order valence-electron chi connectivity index (χ0n) is 16.2. The van der Waals surface area contributed by atoms with Crippen molar-refractivity contribution in [3.05, 3.63) is 47.0 Å². The van der Waals surface area contributed by atoms with Gasteiger partial charge >= 0.3 is 0 Å². The maximum Gasteiger partial charge on any atom is 0.255 e. The number of halogens is 1. The molecule has 2 aromatic rings. The quantitative estimate of drug-likeness (QED) is 0.748. The molecular formula is C21H25ClN2O4. The maximum absolute atomic E-state index is 12.7. The minimum absolute atomic E-state index is 0.263. The second-order valence-electron chi connectivity index (χ2n) is 6.44. The van der Waals surface area contributed by atoms with Gasteiger partial charge in [0, 0.05) is 30.0 Å². The lowest BCUT2D eigenvalue weighted by atomic mass is 10.1.